The lowest BCUT2D eigenvalue weighted by molar-refractivity contribution is 0.336. The zero-order chi connectivity index (χ0) is 14.5. The Balaban J connectivity index is 2.74. The van der Waals surface area contributed by atoms with Crippen molar-refractivity contribution in [3.63, 3.8) is 0 Å². The molecular formula is C12H17Br2NO3S. The molecule has 1 aromatic rings. The average molecular weight is 415 g/mol. The van der Waals surface area contributed by atoms with Crippen LogP contribution in [0, 0.1) is 0 Å². The molecule has 1 aromatic carbocycles. The van der Waals surface area contributed by atoms with Gasteiger partial charge in [0.05, 0.1) is 14.7 Å². The minimum atomic E-state index is -3.00. The summed E-state index contributed by atoms with van der Waals surface area (Å²) in [5.41, 5.74) is 6.61. The number of hydrogen-bond donors (Lipinski definition) is 1. The van der Waals surface area contributed by atoms with Crippen molar-refractivity contribution in [3.8, 4) is 5.75 Å². The van der Waals surface area contributed by atoms with Gasteiger partial charge in [0, 0.05) is 5.75 Å². The van der Waals surface area contributed by atoms with E-state index in [0.29, 0.717) is 12.3 Å². The van der Waals surface area contributed by atoms with E-state index in [1.807, 2.05) is 12.1 Å². The van der Waals surface area contributed by atoms with Gasteiger partial charge in [-0.15, -0.1) is 0 Å². The van der Waals surface area contributed by atoms with Crippen LogP contribution in [0.4, 0.5) is 0 Å². The van der Waals surface area contributed by atoms with Crippen molar-refractivity contribution in [1.82, 2.24) is 0 Å². The van der Waals surface area contributed by atoms with E-state index >= 15 is 0 Å². The first-order valence-corrected chi connectivity index (χ1v) is 9.31. The molecule has 0 unspecified atom stereocenters. The quantitative estimate of drug-likeness (QED) is 0.744. The summed E-state index contributed by atoms with van der Waals surface area (Å²) < 4.78 is 29.9. The molecule has 0 aliphatic heterocycles. The van der Waals surface area contributed by atoms with E-state index < -0.39 is 9.84 Å². The molecule has 0 saturated heterocycles. The molecule has 0 spiro atoms. The summed E-state index contributed by atoms with van der Waals surface area (Å²) in [5.74, 6) is 0.771. The van der Waals surface area contributed by atoms with Crippen LogP contribution < -0.4 is 10.5 Å². The van der Waals surface area contributed by atoms with Crippen LogP contribution in [0.5, 0.6) is 5.75 Å². The Morgan fingerprint density at radius 3 is 2.32 bits per heavy atom. The second-order valence-electron chi connectivity index (χ2n) is 4.01. The van der Waals surface area contributed by atoms with Gasteiger partial charge in [-0.3, -0.25) is 0 Å². The van der Waals surface area contributed by atoms with Crippen LogP contribution in [0.1, 0.15) is 12.5 Å². The number of ether oxygens (including phenoxy) is 1. The van der Waals surface area contributed by atoms with Gasteiger partial charge in [-0.1, -0.05) is 6.92 Å². The second kappa shape index (κ2) is 7.61. The fraction of sp³-hybridized carbons (Fsp3) is 0.500. The van der Waals surface area contributed by atoms with Gasteiger partial charge in [0.1, 0.15) is 12.4 Å². The highest BCUT2D eigenvalue weighted by molar-refractivity contribution is 9.11. The predicted octanol–water partition coefficient (Wildman–Crippen LogP) is 2.53. The molecule has 0 amide bonds. The standard InChI is InChI=1S/C12H17Br2NO3S/c1-2-19(16,17)6-5-18-12-10(13)7-9(3-4-15)8-11(12)14/h7-8H,2-6,15H2,1H3. The first kappa shape index (κ1) is 16.9. The molecule has 1 rings (SSSR count). The molecule has 0 heterocycles. The van der Waals surface area contributed by atoms with Crippen LogP contribution in [0.2, 0.25) is 0 Å². The van der Waals surface area contributed by atoms with Gasteiger partial charge in [-0.25, -0.2) is 8.42 Å². The Bertz CT molecular complexity index is 509. The summed E-state index contributed by atoms with van der Waals surface area (Å²) in [6.45, 7) is 2.35. The molecular weight excluding hydrogens is 398 g/mol. The number of halogens is 2. The van der Waals surface area contributed by atoms with Crippen molar-refractivity contribution < 1.29 is 13.2 Å². The lowest BCUT2D eigenvalue weighted by atomic mass is 10.1. The average Bonchev–Trinajstić information content (AvgIpc) is 2.33. The van der Waals surface area contributed by atoms with Crippen molar-refractivity contribution in [2.45, 2.75) is 13.3 Å². The molecule has 0 atom stereocenters. The van der Waals surface area contributed by atoms with Crippen LogP contribution in [-0.4, -0.2) is 33.1 Å². The van der Waals surface area contributed by atoms with E-state index in [9.17, 15) is 8.42 Å². The minimum absolute atomic E-state index is 0.0208. The molecule has 0 saturated carbocycles. The third-order valence-electron chi connectivity index (χ3n) is 2.57. The van der Waals surface area contributed by atoms with Gasteiger partial charge < -0.3 is 10.5 Å². The Morgan fingerprint density at radius 2 is 1.84 bits per heavy atom. The summed E-state index contributed by atoms with van der Waals surface area (Å²) in [4.78, 5) is 0. The van der Waals surface area contributed by atoms with Crippen molar-refractivity contribution in [2.75, 3.05) is 24.7 Å². The van der Waals surface area contributed by atoms with Crippen molar-refractivity contribution in [2.24, 2.45) is 5.73 Å². The molecule has 4 nitrogen and oxygen atoms in total. The number of sulfone groups is 1. The molecule has 0 aliphatic rings. The maximum absolute atomic E-state index is 11.4. The lowest BCUT2D eigenvalue weighted by Crippen LogP contribution is -2.16. The van der Waals surface area contributed by atoms with Crippen LogP contribution in [0.3, 0.4) is 0 Å². The summed E-state index contributed by atoms with van der Waals surface area (Å²) in [6, 6.07) is 3.86. The van der Waals surface area contributed by atoms with E-state index in [4.69, 9.17) is 10.5 Å². The Labute approximate surface area is 130 Å². The van der Waals surface area contributed by atoms with E-state index in [1.165, 1.54) is 0 Å². The number of benzene rings is 1. The fourth-order valence-electron chi connectivity index (χ4n) is 1.48. The normalized spacial score (nSPS) is 11.6. The highest BCUT2D eigenvalue weighted by Crippen LogP contribution is 2.34. The number of rotatable bonds is 7. The Hall–Kier alpha value is -0.110. The topological polar surface area (TPSA) is 69.4 Å². The van der Waals surface area contributed by atoms with Gasteiger partial charge in [0.25, 0.3) is 0 Å². The van der Waals surface area contributed by atoms with Gasteiger partial charge in [0.15, 0.2) is 9.84 Å². The molecule has 0 aromatic heterocycles. The third-order valence-corrected chi connectivity index (χ3v) is 5.42. The largest absolute Gasteiger partial charge is 0.490 e. The maximum Gasteiger partial charge on any atom is 0.153 e. The molecule has 0 bridgehead atoms. The summed E-state index contributed by atoms with van der Waals surface area (Å²) in [5, 5.41) is 0. The van der Waals surface area contributed by atoms with Gasteiger partial charge in [-0.2, -0.15) is 0 Å². The minimum Gasteiger partial charge on any atom is -0.490 e. The van der Waals surface area contributed by atoms with E-state index in [-0.39, 0.29) is 18.1 Å². The monoisotopic (exact) mass is 413 g/mol. The first-order valence-electron chi connectivity index (χ1n) is 5.91. The molecule has 0 fully saturated rings. The van der Waals surface area contributed by atoms with E-state index in [2.05, 4.69) is 31.9 Å². The molecule has 108 valence electrons. The van der Waals surface area contributed by atoms with Crippen LogP contribution in [-0.2, 0) is 16.3 Å². The Morgan fingerprint density at radius 1 is 1.26 bits per heavy atom. The number of hydrogen-bond acceptors (Lipinski definition) is 4. The molecule has 7 heteroatoms. The summed E-state index contributed by atoms with van der Waals surface area (Å²) in [6.07, 6.45) is 0.779. The van der Waals surface area contributed by atoms with Crippen LogP contribution in [0.25, 0.3) is 0 Å². The van der Waals surface area contributed by atoms with Crippen LogP contribution >= 0.6 is 31.9 Å². The summed E-state index contributed by atoms with van der Waals surface area (Å²) in [7, 11) is -3.00. The van der Waals surface area contributed by atoms with E-state index in [1.54, 1.807) is 6.92 Å². The smallest absolute Gasteiger partial charge is 0.153 e. The highest BCUT2D eigenvalue weighted by atomic mass is 79.9. The molecule has 19 heavy (non-hydrogen) atoms. The van der Waals surface area contributed by atoms with Gasteiger partial charge >= 0.3 is 0 Å². The van der Waals surface area contributed by atoms with Crippen molar-refractivity contribution in [3.05, 3.63) is 26.6 Å². The number of nitrogens with two attached hydrogens (primary N) is 1. The van der Waals surface area contributed by atoms with Crippen molar-refractivity contribution in [1.29, 1.82) is 0 Å². The Kier molecular flexibility index (Phi) is 6.79. The fourth-order valence-corrected chi connectivity index (χ4v) is 3.61. The van der Waals surface area contributed by atoms with E-state index in [0.717, 1.165) is 20.9 Å². The lowest BCUT2D eigenvalue weighted by Gasteiger charge is -2.12. The zero-order valence-corrected chi connectivity index (χ0v) is 14.6. The van der Waals surface area contributed by atoms with Gasteiger partial charge in [-0.05, 0) is 62.5 Å². The molecule has 0 aliphatic carbocycles. The van der Waals surface area contributed by atoms with Crippen LogP contribution in [0.15, 0.2) is 21.1 Å². The maximum atomic E-state index is 11.4. The first-order chi connectivity index (χ1) is 8.89. The SMILES string of the molecule is CCS(=O)(=O)CCOc1c(Br)cc(CCN)cc1Br. The predicted molar refractivity (Wildman–Crippen MR) is 84.4 cm³/mol. The molecule has 2 N–H and O–H groups in total. The molecule has 0 radical (unpaired) electrons. The van der Waals surface area contributed by atoms with Gasteiger partial charge in [0.2, 0.25) is 0 Å². The third kappa shape index (κ3) is 5.41. The zero-order valence-electron chi connectivity index (χ0n) is 10.7. The highest BCUT2D eigenvalue weighted by Gasteiger charge is 2.12. The second-order valence-corrected chi connectivity index (χ2v) is 8.19. The van der Waals surface area contributed by atoms with Crippen molar-refractivity contribution >= 4 is 41.7 Å². The summed E-state index contributed by atoms with van der Waals surface area (Å²) >= 11 is 6.84.